The third kappa shape index (κ3) is 3.05. The Hall–Kier alpha value is -2.82. The van der Waals surface area contributed by atoms with Crippen LogP contribution in [0.5, 0.6) is 0 Å². The average Bonchev–Trinajstić information content (AvgIpc) is 3.10. The van der Waals surface area contributed by atoms with Crippen LogP contribution in [0.4, 0.5) is 0 Å². The van der Waals surface area contributed by atoms with Crippen molar-refractivity contribution in [1.29, 1.82) is 0 Å². The summed E-state index contributed by atoms with van der Waals surface area (Å²) in [6.07, 6.45) is 0. The third-order valence-electron chi connectivity index (χ3n) is 4.62. The van der Waals surface area contributed by atoms with Crippen molar-refractivity contribution >= 4 is 38.3 Å². The first kappa shape index (κ1) is 17.3. The molecule has 2 heterocycles. The van der Waals surface area contributed by atoms with Gasteiger partial charge in [0.15, 0.2) is 0 Å². The Labute approximate surface area is 175 Å². The van der Waals surface area contributed by atoms with Crippen LogP contribution in [-0.2, 0) is 0 Å². The summed E-state index contributed by atoms with van der Waals surface area (Å²) in [6, 6.07) is 30.9. The summed E-state index contributed by atoms with van der Waals surface area (Å²) in [5, 5.41) is 0. The predicted molar refractivity (Wildman–Crippen MR) is 121 cm³/mol. The minimum atomic E-state index is 0.900. The van der Waals surface area contributed by atoms with Gasteiger partial charge < -0.3 is 0 Å². The van der Waals surface area contributed by atoms with Gasteiger partial charge in [-0.2, -0.15) is 0 Å². The van der Waals surface area contributed by atoms with Gasteiger partial charge in [-0.05, 0) is 21.5 Å². The summed E-state index contributed by atoms with van der Waals surface area (Å²) in [5.74, 6) is 0. The number of halogens is 1. The highest BCUT2D eigenvalue weighted by molar-refractivity contribution is 9.11. The Morgan fingerprint density at radius 3 is 1.46 bits per heavy atom. The number of nitrogens with zero attached hydrogens (tertiary/aromatic N) is 2. The zero-order chi connectivity index (χ0) is 18.9. The molecule has 5 rings (SSSR count). The Bertz CT molecular complexity index is 1250. The second kappa shape index (κ2) is 7.30. The zero-order valence-corrected chi connectivity index (χ0v) is 17.2. The van der Waals surface area contributed by atoms with Crippen LogP contribution >= 0.6 is 27.3 Å². The van der Waals surface area contributed by atoms with Gasteiger partial charge in [0.1, 0.15) is 11.0 Å². The summed E-state index contributed by atoms with van der Waals surface area (Å²) in [5.41, 5.74) is 6.93. The molecule has 0 saturated carbocycles. The molecule has 0 atom stereocenters. The van der Waals surface area contributed by atoms with Gasteiger partial charge in [0.05, 0.1) is 20.1 Å². The molecule has 0 aliphatic carbocycles. The zero-order valence-electron chi connectivity index (χ0n) is 14.8. The molecule has 0 fully saturated rings. The minimum Gasteiger partial charge on any atom is -0.242 e. The van der Waals surface area contributed by atoms with Crippen LogP contribution < -0.4 is 0 Å². The molecule has 134 valence electrons. The first-order chi connectivity index (χ1) is 13.8. The molecule has 0 aliphatic rings. The van der Waals surface area contributed by atoms with Gasteiger partial charge in [0, 0.05) is 11.1 Å². The van der Waals surface area contributed by atoms with E-state index in [4.69, 9.17) is 9.97 Å². The van der Waals surface area contributed by atoms with Crippen LogP contribution in [0.3, 0.4) is 0 Å². The van der Waals surface area contributed by atoms with Crippen LogP contribution in [-0.4, -0.2) is 9.97 Å². The second-order valence-corrected chi connectivity index (χ2v) is 8.76. The lowest BCUT2D eigenvalue weighted by Gasteiger charge is -2.10. The fourth-order valence-electron chi connectivity index (χ4n) is 3.30. The van der Waals surface area contributed by atoms with Gasteiger partial charge in [-0.3, -0.25) is 0 Å². The monoisotopic (exact) mass is 442 g/mol. The van der Waals surface area contributed by atoms with E-state index in [1.165, 1.54) is 0 Å². The van der Waals surface area contributed by atoms with Crippen molar-refractivity contribution in [3.8, 4) is 33.0 Å². The molecule has 0 N–H and O–H groups in total. The number of fused-ring (bicyclic) bond motifs is 1. The van der Waals surface area contributed by atoms with Crippen molar-refractivity contribution in [2.24, 2.45) is 0 Å². The third-order valence-corrected chi connectivity index (χ3v) is 6.49. The Balaban J connectivity index is 1.84. The molecule has 0 unspecified atom stereocenters. The number of hydrogen-bond acceptors (Lipinski definition) is 3. The number of aromatic nitrogens is 2. The van der Waals surface area contributed by atoms with Gasteiger partial charge >= 0.3 is 0 Å². The topological polar surface area (TPSA) is 25.8 Å². The summed E-state index contributed by atoms with van der Waals surface area (Å²) in [4.78, 5) is 11.3. The molecule has 0 radical (unpaired) electrons. The number of hydrogen-bond donors (Lipinski definition) is 0. The summed E-state index contributed by atoms with van der Waals surface area (Å²) in [7, 11) is 0. The van der Waals surface area contributed by atoms with Crippen LogP contribution in [0.2, 0.25) is 0 Å². The Morgan fingerprint density at radius 2 is 0.964 bits per heavy atom. The SMILES string of the molecule is Brc1sc(-c2ccccc2)c2nc(-c3ccccc3)c(-c3ccccc3)nc12. The number of rotatable bonds is 3. The van der Waals surface area contributed by atoms with Crippen LogP contribution in [0, 0.1) is 0 Å². The molecule has 2 aromatic heterocycles. The van der Waals surface area contributed by atoms with E-state index >= 15 is 0 Å². The molecule has 2 nitrogen and oxygen atoms in total. The molecule has 3 aromatic carbocycles. The largest absolute Gasteiger partial charge is 0.242 e. The second-order valence-electron chi connectivity index (χ2n) is 6.42. The lowest BCUT2D eigenvalue weighted by molar-refractivity contribution is 1.30. The average molecular weight is 443 g/mol. The van der Waals surface area contributed by atoms with Crippen molar-refractivity contribution in [3.05, 3.63) is 94.8 Å². The molecule has 5 aromatic rings. The molecule has 28 heavy (non-hydrogen) atoms. The fraction of sp³-hybridized carbons (Fsp3) is 0. The molecule has 0 saturated heterocycles. The van der Waals surface area contributed by atoms with E-state index in [0.717, 1.165) is 47.8 Å². The van der Waals surface area contributed by atoms with Crippen molar-refractivity contribution < 1.29 is 0 Å². The van der Waals surface area contributed by atoms with Gasteiger partial charge in [0.25, 0.3) is 0 Å². The van der Waals surface area contributed by atoms with Crippen LogP contribution in [0.25, 0.3) is 44.0 Å². The van der Waals surface area contributed by atoms with Crippen molar-refractivity contribution in [3.63, 3.8) is 0 Å². The van der Waals surface area contributed by atoms with E-state index in [9.17, 15) is 0 Å². The van der Waals surface area contributed by atoms with Gasteiger partial charge in [0.2, 0.25) is 0 Å². The van der Waals surface area contributed by atoms with E-state index in [2.05, 4.69) is 64.5 Å². The molecule has 0 aliphatic heterocycles. The lowest BCUT2D eigenvalue weighted by Crippen LogP contribution is -1.94. The number of thiophene rings is 1. The minimum absolute atomic E-state index is 0.900. The molecule has 0 bridgehead atoms. The van der Waals surface area contributed by atoms with Crippen LogP contribution in [0.1, 0.15) is 0 Å². The number of benzene rings is 3. The van der Waals surface area contributed by atoms with Crippen LogP contribution in [0.15, 0.2) is 94.8 Å². The fourth-order valence-corrected chi connectivity index (χ4v) is 4.97. The standard InChI is InChI=1S/C24H15BrN2S/c25-24-22-21(23(28-24)18-14-8-3-9-15-18)26-19(16-10-4-1-5-11-16)20(27-22)17-12-6-2-7-13-17/h1-15H. The quantitative estimate of drug-likeness (QED) is 0.289. The Kier molecular flexibility index (Phi) is 4.51. The molecular weight excluding hydrogens is 428 g/mol. The van der Waals surface area contributed by atoms with E-state index in [0.29, 0.717) is 0 Å². The highest BCUT2D eigenvalue weighted by atomic mass is 79.9. The molecular formula is C24H15BrN2S. The predicted octanol–water partition coefficient (Wildman–Crippen LogP) is 7.45. The molecule has 4 heteroatoms. The van der Waals surface area contributed by atoms with Crippen molar-refractivity contribution in [2.75, 3.05) is 0 Å². The smallest absolute Gasteiger partial charge is 0.115 e. The van der Waals surface area contributed by atoms with E-state index in [-0.39, 0.29) is 0 Å². The van der Waals surface area contributed by atoms with Gasteiger partial charge in [-0.25, -0.2) is 9.97 Å². The molecule has 0 amide bonds. The summed E-state index contributed by atoms with van der Waals surface area (Å²) in [6.45, 7) is 0. The van der Waals surface area contributed by atoms with E-state index in [1.807, 2.05) is 42.5 Å². The maximum atomic E-state index is 5.14. The maximum absolute atomic E-state index is 5.14. The highest BCUT2D eigenvalue weighted by Crippen LogP contribution is 2.42. The van der Waals surface area contributed by atoms with Crippen molar-refractivity contribution in [1.82, 2.24) is 9.97 Å². The van der Waals surface area contributed by atoms with E-state index < -0.39 is 0 Å². The van der Waals surface area contributed by atoms with Gasteiger partial charge in [-0.1, -0.05) is 91.0 Å². The summed E-state index contributed by atoms with van der Waals surface area (Å²) >= 11 is 5.40. The maximum Gasteiger partial charge on any atom is 0.115 e. The first-order valence-corrected chi connectivity index (χ1v) is 10.6. The first-order valence-electron chi connectivity index (χ1n) is 8.97. The van der Waals surface area contributed by atoms with Gasteiger partial charge in [-0.15, -0.1) is 11.3 Å². The van der Waals surface area contributed by atoms with E-state index in [1.54, 1.807) is 11.3 Å². The Morgan fingerprint density at radius 1 is 0.536 bits per heavy atom. The van der Waals surface area contributed by atoms with Crippen molar-refractivity contribution in [2.45, 2.75) is 0 Å². The lowest BCUT2D eigenvalue weighted by atomic mass is 10.0. The highest BCUT2D eigenvalue weighted by Gasteiger charge is 2.19. The summed E-state index contributed by atoms with van der Waals surface area (Å²) < 4.78 is 1.01. The molecule has 0 spiro atoms. The normalized spacial score (nSPS) is 11.0.